The Balaban J connectivity index is 2.09. The van der Waals surface area contributed by atoms with E-state index in [2.05, 4.69) is 29.5 Å². The zero-order valence-electron chi connectivity index (χ0n) is 13.2. The molecule has 23 heavy (non-hydrogen) atoms. The van der Waals surface area contributed by atoms with Gasteiger partial charge in [-0.3, -0.25) is 4.79 Å². The zero-order valence-corrected chi connectivity index (χ0v) is 14.1. The van der Waals surface area contributed by atoms with E-state index in [1.54, 1.807) is 0 Å². The number of nitrogens with zero attached hydrogens (tertiary/aromatic N) is 2. The lowest BCUT2D eigenvalue weighted by atomic mass is 10.0. The van der Waals surface area contributed by atoms with Gasteiger partial charge in [-0.15, -0.1) is 11.3 Å². The fraction of sp³-hybridized carbons (Fsp3) is 0.353. The first-order valence-corrected chi connectivity index (χ1v) is 8.40. The maximum absolute atomic E-state index is 12.2. The van der Waals surface area contributed by atoms with Crippen LogP contribution >= 0.6 is 11.3 Å². The molecule has 120 valence electrons. The highest BCUT2D eigenvalue weighted by atomic mass is 32.1. The molecule has 0 spiro atoms. The standard InChI is InChI=1S/C17H20N4OS/c1-12(2)10-14(16(22)19-9-8-18)20-17-21-15(11-23-17)13-6-4-3-5-7-13/h3-7,11-12,14H,9-10H2,1-2H3,(H,19,22)(H,20,21)/t14-/m0/s1. The predicted molar refractivity (Wildman–Crippen MR) is 93.0 cm³/mol. The average molecular weight is 328 g/mol. The molecule has 5 nitrogen and oxygen atoms in total. The smallest absolute Gasteiger partial charge is 0.243 e. The van der Waals surface area contributed by atoms with E-state index in [1.807, 2.05) is 41.8 Å². The van der Waals surface area contributed by atoms with Gasteiger partial charge in [0.1, 0.15) is 12.6 Å². The summed E-state index contributed by atoms with van der Waals surface area (Å²) in [5, 5.41) is 17.1. The Labute approximate surface area is 140 Å². The van der Waals surface area contributed by atoms with Crippen LogP contribution in [0.15, 0.2) is 35.7 Å². The summed E-state index contributed by atoms with van der Waals surface area (Å²) >= 11 is 1.47. The first-order chi connectivity index (χ1) is 11.1. The van der Waals surface area contributed by atoms with Crippen LogP contribution in [-0.2, 0) is 4.79 Å². The van der Waals surface area contributed by atoms with E-state index < -0.39 is 6.04 Å². The largest absolute Gasteiger partial charge is 0.350 e. The second-order valence-corrected chi connectivity index (χ2v) is 6.46. The molecule has 2 N–H and O–H groups in total. The Bertz CT molecular complexity index is 675. The van der Waals surface area contributed by atoms with Gasteiger partial charge in [-0.1, -0.05) is 44.2 Å². The van der Waals surface area contributed by atoms with E-state index in [0.717, 1.165) is 11.3 Å². The van der Waals surface area contributed by atoms with E-state index >= 15 is 0 Å². The normalized spacial score (nSPS) is 11.7. The van der Waals surface area contributed by atoms with Crippen molar-refractivity contribution in [3.63, 3.8) is 0 Å². The monoisotopic (exact) mass is 328 g/mol. The van der Waals surface area contributed by atoms with Gasteiger partial charge in [0.05, 0.1) is 11.8 Å². The van der Waals surface area contributed by atoms with Gasteiger partial charge in [-0.05, 0) is 12.3 Å². The maximum Gasteiger partial charge on any atom is 0.243 e. The number of rotatable bonds is 7. The number of hydrogen-bond donors (Lipinski definition) is 2. The van der Waals surface area contributed by atoms with Crippen molar-refractivity contribution in [2.75, 3.05) is 11.9 Å². The SMILES string of the molecule is CC(C)C[C@H](Nc1nc(-c2ccccc2)cs1)C(=O)NCC#N. The van der Waals surface area contributed by atoms with Crippen LogP contribution in [0.3, 0.4) is 0 Å². The molecule has 0 unspecified atom stereocenters. The van der Waals surface area contributed by atoms with Gasteiger partial charge in [0, 0.05) is 10.9 Å². The van der Waals surface area contributed by atoms with Gasteiger partial charge in [0.15, 0.2) is 5.13 Å². The minimum atomic E-state index is -0.391. The third-order valence-electron chi connectivity index (χ3n) is 3.24. The molecule has 0 saturated heterocycles. The van der Waals surface area contributed by atoms with Crippen molar-refractivity contribution in [2.45, 2.75) is 26.3 Å². The molecule has 6 heteroatoms. The van der Waals surface area contributed by atoms with Crippen LogP contribution in [0.2, 0.25) is 0 Å². The Morgan fingerprint density at radius 2 is 2.09 bits per heavy atom. The molecule has 1 amide bonds. The molecule has 0 fully saturated rings. The summed E-state index contributed by atoms with van der Waals surface area (Å²) in [7, 11) is 0. The van der Waals surface area contributed by atoms with E-state index in [1.165, 1.54) is 11.3 Å². The van der Waals surface area contributed by atoms with Gasteiger partial charge >= 0.3 is 0 Å². The number of hydrogen-bond acceptors (Lipinski definition) is 5. The lowest BCUT2D eigenvalue weighted by molar-refractivity contribution is -0.121. The van der Waals surface area contributed by atoms with Crippen LogP contribution in [-0.4, -0.2) is 23.5 Å². The number of nitrogens with one attached hydrogen (secondary N) is 2. The second kappa shape index (κ2) is 8.30. The molecule has 0 radical (unpaired) electrons. The molecule has 0 aliphatic heterocycles. The molecule has 0 aliphatic carbocycles. The molecule has 2 rings (SSSR count). The van der Waals surface area contributed by atoms with Crippen molar-refractivity contribution < 1.29 is 4.79 Å². The minimum absolute atomic E-state index is 0.0161. The quantitative estimate of drug-likeness (QED) is 0.765. The third kappa shape index (κ3) is 5.08. The van der Waals surface area contributed by atoms with E-state index in [0.29, 0.717) is 17.5 Å². The Morgan fingerprint density at radius 3 is 2.74 bits per heavy atom. The topological polar surface area (TPSA) is 77.8 Å². The zero-order chi connectivity index (χ0) is 16.7. The Morgan fingerprint density at radius 1 is 1.35 bits per heavy atom. The van der Waals surface area contributed by atoms with Crippen LogP contribution in [0, 0.1) is 17.2 Å². The number of benzene rings is 1. The number of amides is 1. The molecule has 1 aromatic carbocycles. The fourth-order valence-electron chi connectivity index (χ4n) is 2.18. The van der Waals surface area contributed by atoms with Gasteiger partial charge < -0.3 is 10.6 Å². The molecular formula is C17H20N4OS. The number of anilines is 1. The van der Waals surface area contributed by atoms with Crippen LogP contribution in [0.1, 0.15) is 20.3 Å². The highest BCUT2D eigenvalue weighted by molar-refractivity contribution is 7.14. The Kier molecular flexibility index (Phi) is 6.12. The number of carbonyl (C=O) groups is 1. The number of thiazole rings is 1. The summed E-state index contributed by atoms with van der Waals surface area (Å²) in [6.45, 7) is 4.13. The second-order valence-electron chi connectivity index (χ2n) is 5.61. The minimum Gasteiger partial charge on any atom is -0.350 e. The third-order valence-corrected chi connectivity index (χ3v) is 4.01. The highest BCUT2D eigenvalue weighted by Gasteiger charge is 2.20. The molecule has 0 aliphatic rings. The average Bonchev–Trinajstić information content (AvgIpc) is 3.01. The molecule has 1 heterocycles. The summed E-state index contributed by atoms with van der Waals surface area (Å²) in [5.74, 6) is 0.186. The van der Waals surface area contributed by atoms with Crippen LogP contribution < -0.4 is 10.6 Å². The lowest BCUT2D eigenvalue weighted by Crippen LogP contribution is -2.40. The van der Waals surface area contributed by atoms with Crippen molar-refractivity contribution in [1.82, 2.24) is 10.3 Å². The van der Waals surface area contributed by atoms with Crippen molar-refractivity contribution >= 4 is 22.4 Å². The van der Waals surface area contributed by atoms with E-state index in [4.69, 9.17) is 5.26 Å². The first kappa shape index (κ1) is 17.0. The number of aromatic nitrogens is 1. The van der Waals surface area contributed by atoms with Crippen LogP contribution in [0.25, 0.3) is 11.3 Å². The van der Waals surface area contributed by atoms with Gasteiger partial charge in [-0.2, -0.15) is 5.26 Å². The summed E-state index contributed by atoms with van der Waals surface area (Å²) in [6, 6.07) is 11.4. The highest BCUT2D eigenvalue weighted by Crippen LogP contribution is 2.25. The van der Waals surface area contributed by atoms with Gasteiger partial charge in [0.2, 0.25) is 5.91 Å². The van der Waals surface area contributed by atoms with Crippen molar-refractivity contribution in [1.29, 1.82) is 5.26 Å². The lowest BCUT2D eigenvalue weighted by Gasteiger charge is -2.18. The number of carbonyl (C=O) groups excluding carboxylic acids is 1. The molecule has 2 aromatic rings. The molecule has 0 bridgehead atoms. The molecule has 0 saturated carbocycles. The molecule has 1 aromatic heterocycles. The molecule has 1 atom stereocenters. The summed E-state index contributed by atoms with van der Waals surface area (Å²) < 4.78 is 0. The van der Waals surface area contributed by atoms with Crippen LogP contribution in [0.4, 0.5) is 5.13 Å². The predicted octanol–water partition coefficient (Wildman–Crippen LogP) is 3.28. The summed E-state index contributed by atoms with van der Waals surface area (Å²) in [4.78, 5) is 16.7. The Hall–Kier alpha value is -2.39. The summed E-state index contributed by atoms with van der Waals surface area (Å²) in [6.07, 6.45) is 0.678. The summed E-state index contributed by atoms with van der Waals surface area (Å²) in [5.41, 5.74) is 1.94. The van der Waals surface area contributed by atoms with Crippen LogP contribution in [0.5, 0.6) is 0 Å². The molecular weight excluding hydrogens is 308 g/mol. The van der Waals surface area contributed by atoms with Gasteiger partial charge in [0.25, 0.3) is 0 Å². The van der Waals surface area contributed by atoms with Crippen molar-refractivity contribution in [3.05, 3.63) is 35.7 Å². The van der Waals surface area contributed by atoms with Gasteiger partial charge in [-0.25, -0.2) is 4.98 Å². The maximum atomic E-state index is 12.2. The fourth-order valence-corrected chi connectivity index (χ4v) is 2.96. The van der Waals surface area contributed by atoms with Crippen molar-refractivity contribution in [3.8, 4) is 17.3 Å². The van der Waals surface area contributed by atoms with Crippen molar-refractivity contribution in [2.24, 2.45) is 5.92 Å². The van der Waals surface area contributed by atoms with E-state index in [9.17, 15) is 4.79 Å². The van der Waals surface area contributed by atoms with E-state index in [-0.39, 0.29) is 12.5 Å². The number of nitriles is 1. The first-order valence-electron chi connectivity index (χ1n) is 7.52.